The summed E-state index contributed by atoms with van der Waals surface area (Å²) in [6.45, 7) is 6.82. The van der Waals surface area contributed by atoms with Crippen LogP contribution in [0.2, 0.25) is 0 Å². The van der Waals surface area contributed by atoms with Gasteiger partial charge in [-0.25, -0.2) is 0 Å². The third kappa shape index (κ3) is 4.68. The van der Waals surface area contributed by atoms with E-state index in [0.717, 1.165) is 36.1 Å². The van der Waals surface area contributed by atoms with Gasteiger partial charge in [-0.3, -0.25) is 0 Å². The summed E-state index contributed by atoms with van der Waals surface area (Å²) in [5.74, 6) is 0.509. The number of methoxy groups -OCH3 is 1. The second-order valence-electron chi connectivity index (χ2n) is 3.63. The third-order valence-corrected chi connectivity index (χ3v) is 2.95. The maximum atomic E-state index is 5.09. The molecular weight excluding hydrogens is 210 g/mol. The first-order chi connectivity index (χ1) is 7.26. The van der Waals surface area contributed by atoms with Gasteiger partial charge in [0.1, 0.15) is 10.0 Å². The summed E-state index contributed by atoms with van der Waals surface area (Å²) in [5, 5.41) is 13.7. The summed E-state index contributed by atoms with van der Waals surface area (Å²) in [4.78, 5) is 0. The normalized spacial score (nSPS) is 13.0. The molecule has 0 amide bonds. The summed E-state index contributed by atoms with van der Waals surface area (Å²) in [7, 11) is 1.73. The highest BCUT2D eigenvalue weighted by Crippen LogP contribution is 2.14. The smallest absolute Gasteiger partial charge is 0.131 e. The van der Waals surface area contributed by atoms with Gasteiger partial charge in [-0.2, -0.15) is 0 Å². The number of aromatic nitrogens is 2. The fourth-order valence-corrected chi connectivity index (χ4v) is 2.29. The maximum Gasteiger partial charge on any atom is 0.131 e. The summed E-state index contributed by atoms with van der Waals surface area (Å²) < 4.78 is 5.09. The molecule has 1 aromatic heterocycles. The van der Waals surface area contributed by atoms with Crippen molar-refractivity contribution < 1.29 is 4.74 Å². The van der Waals surface area contributed by atoms with Gasteiger partial charge in [0.15, 0.2) is 0 Å². The topological polar surface area (TPSA) is 47.0 Å². The summed E-state index contributed by atoms with van der Waals surface area (Å²) in [6.07, 6.45) is 0.956. The van der Waals surface area contributed by atoms with Gasteiger partial charge >= 0.3 is 0 Å². The molecule has 0 aliphatic heterocycles. The third-order valence-electron chi connectivity index (χ3n) is 2.01. The number of ether oxygens (including phenoxy) is 1. The zero-order valence-corrected chi connectivity index (χ0v) is 10.4. The first-order valence-corrected chi connectivity index (χ1v) is 6.08. The quantitative estimate of drug-likeness (QED) is 0.769. The van der Waals surface area contributed by atoms with Crippen molar-refractivity contribution in [1.29, 1.82) is 0 Å². The molecule has 1 unspecified atom stereocenters. The van der Waals surface area contributed by atoms with Crippen molar-refractivity contribution in [3.63, 3.8) is 0 Å². The fourth-order valence-electron chi connectivity index (χ4n) is 1.32. The SMILES string of the molecule is CCNCc1nnc(CC(C)COC)s1. The molecule has 1 rings (SSSR count). The van der Waals surface area contributed by atoms with Gasteiger partial charge in [0.05, 0.1) is 0 Å². The Hall–Kier alpha value is -0.520. The second-order valence-corrected chi connectivity index (χ2v) is 4.78. The van der Waals surface area contributed by atoms with Crippen molar-refractivity contribution in [1.82, 2.24) is 15.5 Å². The first kappa shape index (κ1) is 12.5. The van der Waals surface area contributed by atoms with E-state index in [1.807, 2.05) is 0 Å². The zero-order valence-electron chi connectivity index (χ0n) is 9.62. The van der Waals surface area contributed by atoms with E-state index in [9.17, 15) is 0 Å². The molecule has 0 saturated heterocycles. The summed E-state index contributed by atoms with van der Waals surface area (Å²) in [6, 6.07) is 0. The minimum Gasteiger partial charge on any atom is -0.384 e. The predicted molar refractivity (Wildman–Crippen MR) is 62.0 cm³/mol. The summed E-state index contributed by atoms with van der Waals surface area (Å²) >= 11 is 1.69. The molecule has 15 heavy (non-hydrogen) atoms. The fraction of sp³-hybridized carbons (Fsp3) is 0.800. The largest absolute Gasteiger partial charge is 0.384 e. The average molecular weight is 229 g/mol. The Morgan fingerprint density at radius 2 is 2.13 bits per heavy atom. The van der Waals surface area contributed by atoms with Crippen LogP contribution in [0.5, 0.6) is 0 Å². The van der Waals surface area contributed by atoms with Gasteiger partial charge in [-0.05, 0) is 12.5 Å². The minimum absolute atomic E-state index is 0.509. The highest BCUT2D eigenvalue weighted by Gasteiger charge is 2.08. The summed E-state index contributed by atoms with van der Waals surface area (Å²) in [5.41, 5.74) is 0. The molecule has 0 aromatic carbocycles. The van der Waals surface area contributed by atoms with E-state index in [1.165, 1.54) is 0 Å². The van der Waals surface area contributed by atoms with Crippen LogP contribution < -0.4 is 5.32 Å². The number of hydrogen-bond donors (Lipinski definition) is 1. The molecule has 0 radical (unpaired) electrons. The lowest BCUT2D eigenvalue weighted by Gasteiger charge is -2.06. The molecule has 1 aromatic rings. The molecule has 0 bridgehead atoms. The highest BCUT2D eigenvalue weighted by molar-refractivity contribution is 7.11. The second kappa shape index (κ2) is 6.87. The standard InChI is InChI=1S/C10H19N3OS/c1-4-11-6-10-13-12-9(15-10)5-8(2)7-14-3/h8,11H,4-7H2,1-3H3. The number of rotatable bonds is 7. The number of nitrogens with one attached hydrogen (secondary N) is 1. The van der Waals surface area contributed by atoms with E-state index in [4.69, 9.17) is 4.74 Å². The molecule has 1 N–H and O–H groups in total. The van der Waals surface area contributed by atoms with E-state index < -0.39 is 0 Å². The molecule has 0 fully saturated rings. The Morgan fingerprint density at radius 3 is 2.80 bits per heavy atom. The van der Waals surface area contributed by atoms with Crippen LogP contribution in [-0.2, 0) is 17.7 Å². The lowest BCUT2D eigenvalue weighted by Crippen LogP contribution is -2.11. The van der Waals surface area contributed by atoms with E-state index in [1.54, 1.807) is 18.4 Å². The maximum absolute atomic E-state index is 5.09. The lowest BCUT2D eigenvalue weighted by molar-refractivity contribution is 0.159. The van der Waals surface area contributed by atoms with Gasteiger partial charge in [0.2, 0.25) is 0 Å². The highest BCUT2D eigenvalue weighted by atomic mass is 32.1. The van der Waals surface area contributed by atoms with E-state index in [2.05, 4.69) is 29.4 Å². The monoisotopic (exact) mass is 229 g/mol. The Bertz CT molecular complexity index is 277. The Balaban J connectivity index is 2.38. The van der Waals surface area contributed by atoms with Crippen LogP contribution in [0.1, 0.15) is 23.9 Å². The first-order valence-electron chi connectivity index (χ1n) is 5.27. The van der Waals surface area contributed by atoms with Crippen LogP contribution in [0.15, 0.2) is 0 Å². The van der Waals surface area contributed by atoms with Crippen LogP contribution in [0.3, 0.4) is 0 Å². The number of nitrogens with zero attached hydrogens (tertiary/aromatic N) is 2. The van der Waals surface area contributed by atoms with Gasteiger partial charge in [0, 0.05) is 26.7 Å². The molecule has 0 aliphatic rings. The van der Waals surface area contributed by atoms with Crippen molar-refractivity contribution >= 4 is 11.3 Å². The van der Waals surface area contributed by atoms with Gasteiger partial charge in [0.25, 0.3) is 0 Å². The van der Waals surface area contributed by atoms with Crippen LogP contribution in [0.4, 0.5) is 0 Å². The van der Waals surface area contributed by atoms with E-state index >= 15 is 0 Å². The van der Waals surface area contributed by atoms with Crippen molar-refractivity contribution in [2.75, 3.05) is 20.3 Å². The van der Waals surface area contributed by atoms with Crippen molar-refractivity contribution in [2.45, 2.75) is 26.8 Å². The Morgan fingerprint density at radius 1 is 1.40 bits per heavy atom. The van der Waals surface area contributed by atoms with Gasteiger partial charge < -0.3 is 10.1 Å². The molecule has 1 heterocycles. The van der Waals surface area contributed by atoms with Crippen molar-refractivity contribution in [3.8, 4) is 0 Å². The molecule has 4 nitrogen and oxygen atoms in total. The average Bonchev–Trinajstić information content (AvgIpc) is 2.63. The minimum atomic E-state index is 0.509. The van der Waals surface area contributed by atoms with Crippen LogP contribution in [0.25, 0.3) is 0 Å². The lowest BCUT2D eigenvalue weighted by atomic mass is 10.1. The van der Waals surface area contributed by atoms with Crippen LogP contribution in [-0.4, -0.2) is 30.5 Å². The Labute approximate surface area is 95.1 Å². The zero-order chi connectivity index (χ0) is 11.1. The molecule has 0 spiro atoms. The molecule has 1 atom stereocenters. The Kier molecular flexibility index (Phi) is 5.75. The molecule has 0 saturated carbocycles. The van der Waals surface area contributed by atoms with Crippen molar-refractivity contribution in [2.24, 2.45) is 5.92 Å². The molecule has 0 aliphatic carbocycles. The molecular formula is C10H19N3OS. The van der Waals surface area contributed by atoms with Crippen molar-refractivity contribution in [3.05, 3.63) is 10.0 Å². The van der Waals surface area contributed by atoms with Crippen LogP contribution >= 0.6 is 11.3 Å². The molecule has 5 heteroatoms. The molecule has 86 valence electrons. The van der Waals surface area contributed by atoms with Gasteiger partial charge in [-0.1, -0.05) is 13.8 Å². The number of hydrogen-bond acceptors (Lipinski definition) is 5. The van der Waals surface area contributed by atoms with E-state index in [0.29, 0.717) is 5.92 Å². The van der Waals surface area contributed by atoms with Crippen LogP contribution in [0, 0.1) is 5.92 Å². The van der Waals surface area contributed by atoms with E-state index in [-0.39, 0.29) is 0 Å². The van der Waals surface area contributed by atoms with Gasteiger partial charge in [-0.15, -0.1) is 21.5 Å². The predicted octanol–water partition coefficient (Wildman–Crippen LogP) is 1.47.